The minimum atomic E-state index is -0.829. The van der Waals surface area contributed by atoms with Gasteiger partial charge >= 0.3 is 5.97 Å². The van der Waals surface area contributed by atoms with Gasteiger partial charge in [0.1, 0.15) is 5.72 Å². The van der Waals surface area contributed by atoms with Crippen molar-refractivity contribution in [2.24, 2.45) is 0 Å². The van der Waals surface area contributed by atoms with Crippen molar-refractivity contribution in [3.05, 3.63) is 0 Å². The van der Waals surface area contributed by atoms with Crippen molar-refractivity contribution in [2.45, 2.75) is 147 Å². The van der Waals surface area contributed by atoms with E-state index in [1.165, 1.54) is 44.9 Å². The van der Waals surface area contributed by atoms with Crippen LogP contribution in [0.2, 0.25) is 0 Å². The minimum absolute atomic E-state index is 0.0848. The summed E-state index contributed by atoms with van der Waals surface area (Å²) in [7, 11) is 0. The van der Waals surface area contributed by atoms with Crippen molar-refractivity contribution < 1.29 is 19.1 Å². The Morgan fingerprint density at radius 2 is 1.39 bits per heavy atom. The average Bonchev–Trinajstić information content (AvgIpc) is 2.88. The van der Waals surface area contributed by atoms with Crippen molar-refractivity contribution in [3.63, 3.8) is 0 Å². The van der Waals surface area contributed by atoms with Crippen LogP contribution in [0, 0.1) is 0 Å². The van der Waals surface area contributed by atoms with Crippen LogP contribution in [0.15, 0.2) is 0 Å². The number of carbonyl (C=O) groups excluding carboxylic acids is 2. The molecule has 3 rings (SSSR count). The molecule has 6 nitrogen and oxygen atoms in total. The zero-order valence-corrected chi connectivity index (χ0v) is 21.9. The van der Waals surface area contributed by atoms with Gasteiger partial charge in [0, 0.05) is 30.5 Å². The van der Waals surface area contributed by atoms with Gasteiger partial charge in [-0.05, 0) is 60.3 Å². The maximum Gasteiger partial charge on any atom is 0.307 e. The molecule has 0 aromatic heterocycles. The van der Waals surface area contributed by atoms with Crippen LogP contribution in [-0.4, -0.2) is 52.3 Å². The molecule has 2 heterocycles. The van der Waals surface area contributed by atoms with Crippen LogP contribution in [0.1, 0.15) is 125 Å². The molecule has 1 N–H and O–H groups in total. The van der Waals surface area contributed by atoms with Crippen LogP contribution in [0.3, 0.4) is 0 Å². The number of hydrogen-bond donors (Lipinski definition) is 1. The standard InChI is InChI=1S/C27H48N2O4/c1-6-32-22(30)16-19-29-23(31)26(20-24(2,3)28-25(4,5)21-26)33-27(29)17-14-12-10-8-7-9-11-13-15-18-27/h28H,6-21H2,1-5H3. The normalized spacial score (nSPS) is 27.2. The molecule has 6 heteroatoms. The molecule has 3 aliphatic rings. The Labute approximate surface area is 201 Å². The largest absolute Gasteiger partial charge is 0.466 e. The first-order valence-corrected chi connectivity index (χ1v) is 13.5. The van der Waals surface area contributed by atoms with Crippen LogP contribution in [0.4, 0.5) is 0 Å². The monoisotopic (exact) mass is 464 g/mol. The molecule has 0 aromatic rings. The molecule has 0 bridgehead atoms. The number of rotatable bonds is 4. The van der Waals surface area contributed by atoms with Gasteiger partial charge in [0.15, 0.2) is 5.60 Å². The lowest BCUT2D eigenvalue weighted by atomic mass is 9.72. The highest BCUT2D eigenvalue weighted by Crippen LogP contribution is 2.50. The third kappa shape index (κ3) is 6.50. The molecule has 2 saturated heterocycles. The fourth-order valence-corrected chi connectivity index (χ4v) is 6.89. The van der Waals surface area contributed by atoms with Gasteiger partial charge in [-0.25, -0.2) is 0 Å². The van der Waals surface area contributed by atoms with E-state index in [2.05, 4.69) is 33.0 Å². The van der Waals surface area contributed by atoms with Crippen molar-refractivity contribution >= 4 is 11.9 Å². The van der Waals surface area contributed by atoms with E-state index in [1.54, 1.807) is 0 Å². The predicted octanol–water partition coefficient (Wildman–Crippen LogP) is 5.48. The van der Waals surface area contributed by atoms with Crippen molar-refractivity contribution in [1.82, 2.24) is 10.2 Å². The second-order valence-corrected chi connectivity index (χ2v) is 12.0. The fraction of sp³-hybridized carbons (Fsp3) is 0.926. The van der Waals surface area contributed by atoms with Crippen LogP contribution in [-0.2, 0) is 19.1 Å². The zero-order chi connectivity index (χ0) is 24.2. The Hall–Kier alpha value is -1.14. The maximum atomic E-state index is 14.2. The van der Waals surface area contributed by atoms with Gasteiger partial charge in [-0.2, -0.15) is 0 Å². The number of piperidine rings is 1. The van der Waals surface area contributed by atoms with Gasteiger partial charge in [0.2, 0.25) is 0 Å². The van der Waals surface area contributed by atoms with Crippen molar-refractivity contribution in [1.29, 1.82) is 0 Å². The van der Waals surface area contributed by atoms with Gasteiger partial charge < -0.3 is 19.7 Å². The van der Waals surface area contributed by atoms with E-state index >= 15 is 0 Å². The summed E-state index contributed by atoms with van der Waals surface area (Å²) < 4.78 is 12.3. The molecule has 0 unspecified atom stereocenters. The van der Waals surface area contributed by atoms with E-state index in [0.717, 1.165) is 25.7 Å². The lowest BCUT2D eigenvalue weighted by Crippen LogP contribution is -2.65. The average molecular weight is 465 g/mol. The summed E-state index contributed by atoms with van der Waals surface area (Å²) in [4.78, 5) is 28.4. The fourth-order valence-electron chi connectivity index (χ4n) is 6.89. The third-order valence-electron chi connectivity index (χ3n) is 7.62. The molecular weight excluding hydrogens is 416 g/mol. The number of nitrogens with one attached hydrogen (secondary N) is 1. The van der Waals surface area contributed by atoms with E-state index in [1.807, 2.05) is 11.8 Å². The molecule has 1 saturated carbocycles. The Bertz CT molecular complexity index is 660. The zero-order valence-electron chi connectivity index (χ0n) is 21.9. The molecule has 0 radical (unpaired) electrons. The number of ether oxygens (including phenoxy) is 2. The smallest absolute Gasteiger partial charge is 0.307 e. The summed E-state index contributed by atoms with van der Waals surface area (Å²) in [6, 6.07) is 0. The third-order valence-corrected chi connectivity index (χ3v) is 7.62. The quantitative estimate of drug-likeness (QED) is 0.558. The first kappa shape index (κ1) is 26.5. The van der Waals surface area contributed by atoms with Crippen LogP contribution < -0.4 is 5.32 Å². The lowest BCUT2D eigenvalue weighted by Gasteiger charge is -2.50. The van der Waals surface area contributed by atoms with Crippen molar-refractivity contribution in [2.75, 3.05) is 13.2 Å². The van der Waals surface area contributed by atoms with E-state index in [0.29, 0.717) is 26.0 Å². The number of nitrogens with zero attached hydrogens (tertiary/aromatic N) is 1. The van der Waals surface area contributed by atoms with Crippen LogP contribution in [0.25, 0.3) is 0 Å². The Kier molecular flexibility index (Phi) is 8.53. The highest BCUT2D eigenvalue weighted by molar-refractivity contribution is 5.89. The van der Waals surface area contributed by atoms with E-state index in [-0.39, 0.29) is 29.4 Å². The van der Waals surface area contributed by atoms with Gasteiger partial charge in [0.25, 0.3) is 5.91 Å². The molecule has 3 fully saturated rings. The van der Waals surface area contributed by atoms with E-state index < -0.39 is 11.3 Å². The molecule has 0 atom stereocenters. The summed E-state index contributed by atoms with van der Waals surface area (Å²) >= 11 is 0. The highest BCUT2D eigenvalue weighted by Gasteiger charge is 2.64. The van der Waals surface area contributed by atoms with Crippen LogP contribution >= 0.6 is 0 Å². The lowest BCUT2D eigenvalue weighted by molar-refractivity contribution is -0.177. The Morgan fingerprint density at radius 3 is 1.88 bits per heavy atom. The van der Waals surface area contributed by atoms with Crippen molar-refractivity contribution in [3.8, 4) is 0 Å². The second-order valence-electron chi connectivity index (χ2n) is 12.0. The van der Waals surface area contributed by atoms with Gasteiger partial charge in [-0.3, -0.25) is 9.59 Å². The van der Waals surface area contributed by atoms with Gasteiger partial charge in [0.05, 0.1) is 13.0 Å². The first-order chi connectivity index (χ1) is 15.5. The summed E-state index contributed by atoms with van der Waals surface area (Å²) in [6.07, 6.45) is 14.2. The summed E-state index contributed by atoms with van der Waals surface area (Å²) in [6.45, 7) is 11.2. The summed E-state index contributed by atoms with van der Waals surface area (Å²) in [5.41, 5.74) is -1.85. The van der Waals surface area contributed by atoms with E-state index in [9.17, 15) is 9.59 Å². The molecular formula is C27H48N2O4. The number of esters is 1. The Balaban J connectivity index is 1.92. The predicted molar refractivity (Wildman–Crippen MR) is 131 cm³/mol. The number of carbonyl (C=O) groups is 2. The topological polar surface area (TPSA) is 67.9 Å². The summed E-state index contributed by atoms with van der Waals surface area (Å²) in [5, 5.41) is 3.71. The molecule has 33 heavy (non-hydrogen) atoms. The maximum absolute atomic E-state index is 14.2. The number of hydrogen-bond acceptors (Lipinski definition) is 5. The Morgan fingerprint density at radius 1 is 0.909 bits per heavy atom. The molecule has 1 amide bonds. The molecule has 1 aliphatic carbocycles. The SMILES string of the molecule is CCOC(=O)CCN1C(=O)C2(CC(C)(C)NC(C)(C)C2)OC12CCCCCCCCCCC2. The minimum Gasteiger partial charge on any atom is -0.466 e. The van der Waals surface area contributed by atoms with Gasteiger partial charge in [-0.15, -0.1) is 0 Å². The molecule has 190 valence electrons. The van der Waals surface area contributed by atoms with Crippen LogP contribution in [0.5, 0.6) is 0 Å². The highest BCUT2D eigenvalue weighted by atomic mass is 16.6. The summed E-state index contributed by atoms with van der Waals surface area (Å²) in [5.74, 6) is -0.151. The second kappa shape index (κ2) is 10.6. The number of amides is 1. The van der Waals surface area contributed by atoms with E-state index in [4.69, 9.17) is 9.47 Å². The first-order valence-electron chi connectivity index (χ1n) is 13.5. The molecule has 0 aromatic carbocycles. The molecule has 2 aliphatic heterocycles. The molecule has 2 spiro atoms. The van der Waals surface area contributed by atoms with Gasteiger partial charge in [-0.1, -0.05) is 44.9 Å².